The number of oxazole rings is 1. The second kappa shape index (κ2) is 2.84. The minimum atomic E-state index is -0.0377. The van der Waals surface area contributed by atoms with Gasteiger partial charge < -0.3 is 9.52 Å². The highest BCUT2D eigenvalue weighted by Crippen LogP contribution is 2.17. The Balaban J connectivity index is 2.90. The first-order valence-corrected chi connectivity index (χ1v) is 3.28. The van der Waals surface area contributed by atoms with Crippen LogP contribution in [0.25, 0.3) is 0 Å². The van der Waals surface area contributed by atoms with Gasteiger partial charge in [-0.2, -0.15) is 0 Å². The molecule has 0 atom stereocenters. The van der Waals surface area contributed by atoms with E-state index in [1.54, 1.807) is 0 Å². The maximum Gasteiger partial charge on any atom is 0.181 e. The van der Waals surface area contributed by atoms with E-state index in [1.165, 1.54) is 6.39 Å². The lowest BCUT2D eigenvalue weighted by molar-refractivity contribution is 0.273. The van der Waals surface area contributed by atoms with E-state index in [-0.39, 0.29) is 6.61 Å². The minimum absolute atomic E-state index is 0.0377. The lowest BCUT2D eigenvalue weighted by Gasteiger charge is -1.99. The van der Waals surface area contributed by atoms with Gasteiger partial charge >= 0.3 is 0 Å². The summed E-state index contributed by atoms with van der Waals surface area (Å²) in [6.45, 7) is 3.96. The molecule has 0 amide bonds. The normalized spacial score (nSPS) is 10.8. The van der Waals surface area contributed by atoms with Crippen LogP contribution < -0.4 is 0 Å². The number of nitrogens with zero attached hydrogens (tertiary/aromatic N) is 1. The van der Waals surface area contributed by atoms with Crippen LogP contribution in [0.15, 0.2) is 10.8 Å². The maximum absolute atomic E-state index is 8.73. The van der Waals surface area contributed by atoms with E-state index in [1.807, 2.05) is 13.8 Å². The molecule has 0 aliphatic heterocycles. The van der Waals surface area contributed by atoms with Crippen LogP contribution in [0.1, 0.15) is 31.2 Å². The van der Waals surface area contributed by atoms with Gasteiger partial charge in [-0.25, -0.2) is 4.98 Å². The summed E-state index contributed by atoms with van der Waals surface area (Å²) in [5.41, 5.74) is 0.648. The third-order valence-corrected chi connectivity index (χ3v) is 1.35. The summed E-state index contributed by atoms with van der Waals surface area (Å²) in [6.07, 6.45) is 1.36. The summed E-state index contributed by atoms with van der Waals surface area (Å²) in [5.74, 6) is 1.08. The molecule has 10 heavy (non-hydrogen) atoms. The Morgan fingerprint density at radius 3 is 2.80 bits per heavy atom. The van der Waals surface area contributed by atoms with Crippen molar-refractivity contribution in [1.29, 1.82) is 0 Å². The first kappa shape index (κ1) is 7.28. The van der Waals surface area contributed by atoms with Crippen molar-refractivity contribution in [1.82, 2.24) is 4.98 Å². The molecule has 0 fully saturated rings. The molecule has 0 saturated heterocycles. The van der Waals surface area contributed by atoms with Gasteiger partial charge in [-0.05, 0) is 0 Å². The largest absolute Gasteiger partial charge is 0.448 e. The molecule has 3 nitrogen and oxygen atoms in total. The quantitative estimate of drug-likeness (QED) is 0.675. The third-order valence-electron chi connectivity index (χ3n) is 1.35. The predicted molar refractivity (Wildman–Crippen MR) is 36.5 cm³/mol. The molecule has 1 aromatic rings. The molecular formula is C7H11NO2. The fourth-order valence-electron chi connectivity index (χ4n) is 0.866. The Morgan fingerprint density at radius 2 is 2.40 bits per heavy atom. The van der Waals surface area contributed by atoms with Crippen molar-refractivity contribution >= 4 is 0 Å². The third kappa shape index (κ3) is 1.19. The van der Waals surface area contributed by atoms with Gasteiger partial charge in [0.05, 0.1) is 6.61 Å². The molecule has 0 radical (unpaired) electrons. The monoisotopic (exact) mass is 141 g/mol. The van der Waals surface area contributed by atoms with Gasteiger partial charge in [0, 0.05) is 5.92 Å². The Kier molecular flexibility index (Phi) is 2.06. The Labute approximate surface area is 59.7 Å². The lowest BCUT2D eigenvalue weighted by atomic mass is 10.1. The maximum atomic E-state index is 8.73. The van der Waals surface area contributed by atoms with E-state index in [4.69, 9.17) is 9.52 Å². The molecule has 1 N–H and O–H groups in total. The number of aliphatic hydroxyl groups is 1. The molecule has 56 valence electrons. The number of aromatic nitrogens is 1. The molecule has 1 aromatic heterocycles. The summed E-state index contributed by atoms with van der Waals surface area (Å²) in [7, 11) is 0. The Hall–Kier alpha value is -0.830. The van der Waals surface area contributed by atoms with E-state index in [2.05, 4.69) is 4.98 Å². The van der Waals surface area contributed by atoms with E-state index < -0.39 is 0 Å². The molecule has 3 heteroatoms. The fraction of sp³-hybridized carbons (Fsp3) is 0.571. The van der Waals surface area contributed by atoms with E-state index in [0.29, 0.717) is 11.6 Å². The number of hydrogen-bond acceptors (Lipinski definition) is 3. The van der Waals surface area contributed by atoms with Crippen LogP contribution in [0.4, 0.5) is 0 Å². The van der Waals surface area contributed by atoms with Crippen LogP contribution in [0.5, 0.6) is 0 Å². The molecule has 0 saturated carbocycles. The van der Waals surface area contributed by atoms with Crippen molar-refractivity contribution in [3.63, 3.8) is 0 Å². The van der Waals surface area contributed by atoms with Crippen molar-refractivity contribution in [2.75, 3.05) is 0 Å². The highest BCUT2D eigenvalue weighted by molar-refractivity contribution is 5.09. The summed E-state index contributed by atoms with van der Waals surface area (Å²) in [4.78, 5) is 3.84. The van der Waals surface area contributed by atoms with Gasteiger partial charge in [0.1, 0.15) is 11.5 Å². The van der Waals surface area contributed by atoms with Gasteiger partial charge in [-0.15, -0.1) is 0 Å². The molecule has 0 aliphatic carbocycles. The molecular weight excluding hydrogens is 130 g/mol. The first-order chi connectivity index (χ1) is 4.75. The van der Waals surface area contributed by atoms with Crippen LogP contribution in [0.2, 0.25) is 0 Å². The van der Waals surface area contributed by atoms with Crippen LogP contribution >= 0.6 is 0 Å². The molecule has 0 aliphatic rings. The molecule has 1 rings (SSSR count). The van der Waals surface area contributed by atoms with E-state index in [0.717, 1.165) is 5.76 Å². The van der Waals surface area contributed by atoms with Crippen molar-refractivity contribution in [2.24, 2.45) is 0 Å². The van der Waals surface area contributed by atoms with Gasteiger partial charge in [-0.1, -0.05) is 13.8 Å². The standard InChI is InChI=1S/C7H11NO2/c1-5(2)7-6(3-9)8-4-10-7/h4-5,9H,3H2,1-2H3. The smallest absolute Gasteiger partial charge is 0.181 e. The topological polar surface area (TPSA) is 46.3 Å². The Morgan fingerprint density at radius 1 is 1.70 bits per heavy atom. The van der Waals surface area contributed by atoms with Gasteiger partial charge in [0.2, 0.25) is 0 Å². The summed E-state index contributed by atoms with van der Waals surface area (Å²) in [5, 5.41) is 8.73. The number of aliphatic hydroxyl groups excluding tert-OH is 1. The van der Waals surface area contributed by atoms with Gasteiger partial charge in [-0.3, -0.25) is 0 Å². The molecule has 0 bridgehead atoms. The average Bonchev–Trinajstić information content (AvgIpc) is 2.33. The minimum Gasteiger partial charge on any atom is -0.448 e. The summed E-state index contributed by atoms with van der Waals surface area (Å²) in [6, 6.07) is 0. The van der Waals surface area contributed by atoms with Gasteiger partial charge in [0.25, 0.3) is 0 Å². The van der Waals surface area contributed by atoms with E-state index in [9.17, 15) is 0 Å². The van der Waals surface area contributed by atoms with Crippen molar-refractivity contribution in [3.05, 3.63) is 17.8 Å². The average molecular weight is 141 g/mol. The van der Waals surface area contributed by atoms with Gasteiger partial charge in [0.15, 0.2) is 6.39 Å². The van der Waals surface area contributed by atoms with Crippen molar-refractivity contribution < 1.29 is 9.52 Å². The highest BCUT2D eigenvalue weighted by Gasteiger charge is 2.09. The van der Waals surface area contributed by atoms with Crippen molar-refractivity contribution in [3.8, 4) is 0 Å². The van der Waals surface area contributed by atoms with Crippen LogP contribution in [-0.2, 0) is 6.61 Å². The SMILES string of the molecule is CC(C)c1ocnc1CO. The number of hydrogen-bond donors (Lipinski definition) is 1. The fourth-order valence-corrected chi connectivity index (χ4v) is 0.866. The molecule has 0 spiro atoms. The van der Waals surface area contributed by atoms with Crippen LogP contribution in [0.3, 0.4) is 0 Å². The lowest BCUT2D eigenvalue weighted by Crippen LogP contribution is -1.92. The van der Waals surface area contributed by atoms with Crippen LogP contribution in [0, 0.1) is 0 Å². The highest BCUT2D eigenvalue weighted by atomic mass is 16.3. The molecule has 0 aromatic carbocycles. The zero-order valence-electron chi connectivity index (χ0n) is 6.16. The predicted octanol–water partition coefficient (Wildman–Crippen LogP) is 1.29. The number of rotatable bonds is 2. The summed E-state index contributed by atoms with van der Waals surface area (Å²) < 4.78 is 5.05. The van der Waals surface area contributed by atoms with Crippen LogP contribution in [-0.4, -0.2) is 10.1 Å². The van der Waals surface area contributed by atoms with E-state index >= 15 is 0 Å². The van der Waals surface area contributed by atoms with Crippen molar-refractivity contribution in [2.45, 2.75) is 26.4 Å². The zero-order valence-corrected chi connectivity index (χ0v) is 6.16. The molecule has 0 unspecified atom stereocenters. The Bertz CT molecular complexity index is 205. The zero-order chi connectivity index (χ0) is 7.56. The second-order valence-electron chi connectivity index (χ2n) is 2.48. The molecule has 1 heterocycles. The second-order valence-corrected chi connectivity index (χ2v) is 2.48. The first-order valence-electron chi connectivity index (χ1n) is 3.28. The summed E-state index contributed by atoms with van der Waals surface area (Å²) >= 11 is 0.